The summed E-state index contributed by atoms with van der Waals surface area (Å²) in [4.78, 5) is 13.9. The van der Waals surface area contributed by atoms with Crippen LogP contribution in [-0.2, 0) is 7.05 Å². The lowest BCUT2D eigenvalue weighted by Crippen LogP contribution is -1.96. The molecule has 0 atom stereocenters. The van der Waals surface area contributed by atoms with E-state index in [-0.39, 0.29) is 5.82 Å². The highest BCUT2D eigenvalue weighted by Crippen LogP contribution is 1.97. The van der Waals surface area contributed by atoms with E-state index in [2.05, 4.69) is 4.98 Å². The minimum absolute atomic E-state index is 0.252. The Balaban J connectivity index is 3.24. The molecule has 0 aliphatic carbocycles. The van der Waals surface area contributed by atoms with Gasteiger partial charge >= 0.3 is 0 Å². The maximum absolute atomic E-state index is 10.2. The molecule has 1 heterocycles. The van der Waals surface area contributed by atoms with Crippen LogP contribution in [0.25, 0.3) is 0 Å². The van der Waals surface area contributed by atoms with E-state index in [1.54, 1.807) is 7.05 Å². The first-order valence-corrected chi connectivity index (χ1v) is 2.66. The normalized spacial score (nSPS) is 8.80. The zero-order chi connectivity index (χ0) is 7.56. The molecule has 0 aromatic carbocycles. The van der Waals surface area contributed by atoms with Gasteiger partial charge in [-0.05, 0) is 0 Å². The third-order valence-corrected chi connectivity index (χ3v) is 1.24. The summed E-state index contributed by atoms with van der Waals surface area (Å²) in [5.74, 6) is 0.252. The van der Waals surface area contributed by atoms with Crippen LogP contribution in [0.5, 0.6) is 0 Å². The molecule has 1 aromatic rings. The third-order valence-electron chi connectivity index (χ3n) is 1.24. The minimum atomic E-state index is 0.252. The van der Waals surface area contributed by atoms with Gasteiger partial charge in [-0.15, -0.1) is 0 Å². The molecule has 0 saturated carbocycles. The Bertz CT molecular complexity index is 294. The van der Waals surface area contributed by atoms with Crippen molar-refractivity contribution < 1.29 is 4.79 Å². The number of aromatic nitrogens is 2. The van der Waals surface area contributed by atoms with Gasteiger partial charge in [0.05, 0.1) is 6.20 Å². The highest BCUT2D eigenvalue weighted by atomic mass is 16.1. The minimum Gasteiger partial charge on any atom is -0.316 e. The highest BCUT2D eigenvalue weighted by Gasteiger charge is 2.02. The van der Waals surface area contributed by atoms with E-state index in [9.17, 15) is 4.79 Å². The molecule has 0 spiro atoms. The van der Waals surface area contributed by atoms with Crippen LogP contribution < -0.4 is 0 Å². The van der Waals surface area contributed by atoms with Crippen molar-refractivity contribution >= 4 is 6.29 Å². The van der Waals surface area contributed by atoms with Crippen molar-refractivity contribution in [3.05, 3.63) is 17.7 Å². The lowest BCUT2D eigenvalue weighted by molar-refractivity contribution is 0.111. The lowest BCUT2D eigenvalue weighted by Gasteiger charge is -1.90. The fourth-order valence-electron chi connectivity index (χ4n) is 0.636. The molecule has 1 aromatic heterocycles. The number of nitrogens with zero attached hydrogens (tertiary/aromatic N) is 3. The van der Waals surface area contributed by atoms with Crippen LogP contribution in [0.1, 0.15) is 16.3 Å². The number of imidazole rings is 1. The van der Waals surface area contributed by atoms with Crippen molar-refractivity contribution in [1.82, 2.24) is 9.55 Å². The summed E-state index contributed by atoms with van der Waals surface area (Å²) in [6.45, 7) is 0. The number of nitriles is 1. The molecule has 0 fully saturated rings. The van der Waals surface area contributed by atoms with Crippen molar-refractivity contribution in [1.29, 1.82) is 5.26 Å². The summed E-state index contributed by atoms with van der Waals surface area (Å²) >= 11 is 0. The van der Waals surface area contributed by atoms with E-state index < -0.39 is 0 Å². The van der Waals surface area contributed by atoms with Crippen LogP contribution in [0.3, 0.4) is 0 Å². The molecule has 4 nitrogen and oxygen atoms in total. The van der Waals surface area contributed by atoms with Gasteiger partial charge < -0.3 is 4.57 Å². The van der Waals surface area contributed by atoms with Crippen LogP contribution in [0.4, 0.5) is 0 Å². The Morgan fingerprint density at radius 3 is 2.90 bits per heavy atom. The fourth-order valence-corrected chi connectivity index (χ4v) is 0.636. The van der Waals surface area contributed by atoms with E-state index in [0.29, 0.717) is 12.0 Å². The molecule has 0 N–H and O–H groups in total. The predicted molar refractivity (Wildman–Crippen MR) is 33.3 cm³/mol. The number of hydrogen-bond acceptors (Lipinski definition) is 3. The first kappa shape index (κ1) is 6.49. The molecule has 0 aliphatic rings. The van der Waals surface area contributed by atoms with Gasteiger partial charge in [-0.3, -0.25) is 4.79 Å². The van der Waals surface area contributed by atoms with E-state index in [0.717, 1.165) is 0 Å². The van der Waals surface area contributed by atoms with Crippen molar-refractivity contribution in [2.45, 2.75) is 0 Å². The van der Waals surface area contributed by atoms with Crippen molar-refractivity contribution in [3.63, 3.8) is 0 Å². The Hall–Kier alpha value is -1.63. The summed E-state index contributed by atoms with van der Waals surface area (Å²) in [6.07, 6.45) is 2.03. The Labute approximate surface area is 57.7 Å². The Kier molecular flexibility index (Phi) is 1.50. The molecule has 0 aliphatic heterocycles. The average Bonchev–Trinajstić information content (AvgIpc) is 2.30. The van der Waals surface area contributed by atoms with Crippen LogP contribution in [0.15, 0.2) is 6.20 Å². The second kappa shape index (κ2) is 2.31. The molecule has 0 saturated heterocycles. The molecule has 0 unspecified atom stereocenters. The molecule has 0 bridgehead atoms. The SMILES string of the molecule is Cn1c(C=O)cnc1C#N. The number of carbonyl (C=O) groups excluding carboxylic acids is 1. The molecule has 50 valence electrons. The van der Waals surface area contributed by atoms with Gasteiger partial charge in [0.2, 0.25) is 5.82 Å². The summed E-state index contributed by atoms with van der Waals surface area (Å²) < 4.78 is 1.44. The molecule has 0 radical (unpaired) electrons. The molecule has 0 amide bonds. The monoisotopic (exact) mass is 135 g/mol. The van der Waals surface area contributed by atoms with Gasteiger partial charge in [0.1, 0.15) is 11.8 Å². The van der Waals surface area contributed by atoms with E-state index in [1.807, 2.05) is 6.07 Å². The van der Waals surface area contributed by atoms with E-state index in [1.165, 1.54) is 10.8 Å². The number of hydrogen-bond donors (Lipinski definition) is 0. The van der Waals surface area contributed by atoms with Gasteiger partial charge in [-0.25, -0.2) is 4.98 Å². The van der Waals surface area contributed by atoms with Crippen LogP contribution in [-0.4, -0.2) is 15.8 Å². The maximum Gasteiger partial charge on any atom is 0.213 e. The molecule has 10 heavy (non-hydrogen) atoms. The maximum atomic E-state index is 10.2. The first-order valence-electron chi connectivity index (χ1n) is 2.66. The Morgan fingerprint density at radius 2 is 2.60 bits per heavy atom. The second-order valence-corrected chi connectivity index (χ2v) is 1.80. The van der Waals surface area contributed by atoms with Crippen molar-refractivity contribution in [3.8, 4) is 6.07 Å². The molecule has 1 rings (SSSR count). The fraction of sp³-hybridized carbons (Fsp3) is 0.167. The second-order valence-electron chi connectivity index (χ2n) is 1.80. The summed E-state index contributed by atoms with van der Waals surface area (Å²) in [6, 6.07) is 1.84. The number of rotatable bonds is 1. The highest BCUT2D eigenvalue weighted by molar-refractivity contribution is 5.72. The summed E-state index contributed by atoms with van der Waals surface area (Å²) in [5, 5.41) is 8.38. The molecular weight excluding hydrogens is 130 g/mol. The van der Waals surface area contributed by atoms with Crippen LogP contribution >= 0.6 is 0 Å². The lowest BCUT2D eigenvalue weighted by atomic mass is 10.5. The standard InChI is InChI=1S/C6H5N3O/c1-9-5(4-10)3-8-6(9)2-7/h3-4H,1H3. The smallest absolute Gasteiger partial charge is 0.213 e. The summed E-state index contributed by atoms with van der Waals surface area (Å²) in [7, 11) is 1.62. The van der Waals surface area contributed by atoms with Gasteiger partial charge in [0.15, 0.2) is 6.29 Å². The van der Waals surface area contributed by atoms with E-state index >= 15 is 0 Å². The van der Waals surface area contributed by atoms with Crippen LogP contribution in [0, 0.1) is 11.3 Å². The van der Waals surface area contributed by atoms with Crippen LogP contribution in [0.2, 0.25) is 0 Å². The largest absolute Gasteiger partial charge is 0.316 e. The number of carbonyl (C=O) groups is 1. The van der Waals surface area contributed by atoms with Gasteiger partial charge in [-0.2, -0.15) is 5.26 Å². The van der Waals surface area contributed by atoms with Gasteiger partial charge in [0.25, 0.3) is 0 Å². The zero-order valence-corrected chi connectivity index (χ0v) is 5.40. The third kappa shape index (κ3) is 0.778. The Morgan fingerprint density at radius 1 is 1.90 bits per heavy atom. The first-order chi connectivity index (χ1) is 4.79. The summed E-state index contributed by atoms with van der Waals surface area (Å²) in [5.41, 5.74) is 0.413. The van der Waals surface area contributed by atoms with Gasteiger partial charge in [0, 0.05) is 7.05 Å². The average molecular weight is 135 g/mol. The van der Waals surface area contributed by atoms with E-state index in [4.69, 9.17) is 5.26 Å². The van der Waals surface area contributed by atoms with Crippen molar-refractivity contribution in [2.75, 3.05) is 0 Å². The molecule has 4 heteroatoms. The number of aldehydes is 1. The topological polar surface area (TPSA) is 58.7 Å². The predicted octanol–water partition coefficient (Wildman–Crippen LogP) is 0.104. The van der Waals surface area contributed by atoms with Crippen molar-refractivity contribution in [2.24, 2.45) is 7.05 Å². The quantitative estimate of drug-likeness (QED) is 0.513. The molecular formula is C6H5N3O. The van der Waals surface area contributed by atoms with Gasteiger partial charge in [-0.1, -0.05) is 0 Å². The zero-order valence-electron chi connectivity index (χ0n) is 5.40.